The van der Waals surface area contributed by atoms with Gasteiger partial charge in [0.2, 0.25) is 5.88 Å². The van der Waals surface area contributed by atoms with Crippen LogP contribution in [-0.4, -0.2) is 54.4 Å². The van der Waals surface area contributed by atoms with Crippen LogP contribution >= 0.6 is 0 Å². The van der Waals surface area contributed by atoms with Crippen molar-refractivity contribution in [3.8, 4) is 17.6 Å². The fraction of sp³-hybridized carbons (Fsp3) is 0.524. The predicted molar refractivity (Wildman–Crippen MR) is 104 cm³/mol. The van der Waals surface area contributed by atoms with Crippen LogP contribution in [-0.2, 0) is 12.1 Å². The molecule has 4 rings (SSSR count). The molecule has 1 saturated heterocycles. The second-order valence-corrected chi connectivity index (χ2v) is 7.62. The van der Waals surface area contributed by atoms with Crippen LogP contribution in [0.5, 0.6) is 17.6 Å². The highest BCUT2D eigenvalue weighted by Crippen LogP contribution is 2.52. The number of nitrogens with zero attached hydrogens (tertiary/aromatic N) is 3. The molecular weight excluding hydrogens is 358 g/mol. The van der Waals surface area contributed by atoms with Crippen LogP contribution in [0.15, 0.2) is 30.5 Å². The maximum Gasteiger partial charge on any atom is 0.319 e. The quantitative estimate of drug-likeness (QED) is 0.817. The van der Waals surface area contributed by atoms with Gasteiger partial charge < -0.3 is 19.3 Å². The molecule has 150 valence electrons. The van der Waals surface area contributed by atoms with Crippen LogP contribution in [0.25, 0.3) is 0 Å². The Morgan fingerprint density at radius 1 is 1.14 bits per heavy atom. The molecule has 1 aromatic heterocycles. The van der Waals surface area contributed by atoms with Crippen LogP contribution in [0, 0.1) is 11.8 Å². The molecule has 2 fully saturated rings. The van der Waals surface area contributed by atoms with Gasteiger partial charge in [0, 0.05) is 37.3 Å². The molecule has 1 saturated carbocycles. The molecule has 0 spiro atoms. The fourth-order valence-corrected chi connectivity index (χ4v) is 4.82. The molecule has 7 nitrogen and oxygen atoms in total. The SMILES string of the molecule is COc1ncc([C@]2(O)CC[C@H]3CN(Cc4ccccc4OC)C[C@H]32)c(OC)n1. The van der Waals surface area contributed by atoms with Crippen LogP contribution in [0.1, 0.15) is 24.0 Å². The van der Waals surface area contributed by atoms with Crippen molar-refractivity contribution in [2.75, 3.05) is 34.4 Å². The molecule has 2 aromatic rings. The van der Waals surface area contributed by atoms with Crippen molar-refractivity contribution >= 4 is 0 Å². The number of fused-ring (bicyclic) bond motifs is 1. The Kier molecular flexibility index (Phi) is 5.12. The Labute approximate surface area is 165 Å². The van der Waals surface area contributed by atoms with E-state index in [1.807, 2.05) is 18.2 Å². The minimum atomic E-state index is -0.988. The van der Waals surface area contributed by atoms with E-state index in [-0.39, 0.29) is 11.9 Å². The zero-order valence-electron chi connectivity index (χ0n) is 16.6. The van der Waals surface area contributed by atoms with E-state index in [0.717, 1.165) is 31.8 Å². The average molecular weight is 385 g/mol. The third-order valence-electron chi connectivity index (χ3n) is 6.19. The molecule has 3 atom stereocenters. The van der Waals surface area contributed by atoms with Gasteiger partial charge in [-0.3, -0.25) is 4.90 Å². The highest BCUT2D eigenvalue weighted by molar-refractivity contribution is 5.35. The fourth-order valence-electron chi connectivity index (χ4n) is 4.82. The third kappa shape index (κ3) is 3.18. The summed E-state index contributed by atoms with van der Waals surface area (Å²) in [5, 5.41) is 11.6. The Morgan fingerprint density at radius 3 is 2.71 bits per heavy atom. The third-order valence-corrected chi connectivity index (χ3v) is 6.19. The second-order valence-electron chi connectivity index (χ2n) is 7.62. The molecular formula is C21H27N3O4. The first-order valence-electron chi connectivity index (χ1n) is 9.61. The topological polar surface area (TPSA) is 76.9 Å². The first-order chi connectivity index (χ1) is 13.6. The summed E-state index contributed by atoms with van der Waals surface area (Å²) in [5.41, 5.74) is 0.832. The smallest absolute Gasteiger partial charge is 0.319 e. The lowest BCUT2D eigenvalue weighted by atomic mass is 9.83. The number of hydrogen-bond donors (Lipinski definition) is 1. The molecule has 7 heteroatoms. The summed E-state index contributed by atoms with van der Waals surface area (Å²) in [5.74, 6) is 1.85. The number of hydrogen-bond acceptors (Lipinski definition) is 7. The molecule has 1 aromatic carbocycles. The average Bonchev–Trinajstić information content (AvgIpc) is 3.28. The number of methoxy groups -OCH3 is 3. The molecule has 1 aliphatic carbocycles. The van der Waals surface area contributed by atoms with E-state index in [4.69, 9.17) is 14.2 Å². The van der Waals surface area contributed by atoms with Crippen LogP contribution in [0.4, 0.5) is 0 Å². The number of aliphatic hydroxyl groups is 1. The van der Waals surface area contributed by atoms with Gasteiger partial charge in [-0.15, -0.1) is 0 Å². The van der Waals surface area contributed by atoms with Crippen molar-refractivity contribution in [2.24, 2.45) is 11.8 Å². The van der Waals surface area contributed by atoms with Crippen LogP contribution in [0.3, 0.4) is 0 Å². The van der Waals surface area contributed by atoms with Gasteiger partial charge in [0.05, 0.1) is 26.9 Å². The van der Waals surface area contributed by atoms with Gasteiger partial charge in [-0.25, -0.2) is 4.98 Å². The zero-order valence-corrected chi connectivity index (χ0v) is 16.6. The summed E-state index contributed by atoms with van der Waals surface area (Å²) in [6, 6.07) is 8.34. The van der Waals surface area contributed by atoms with Gasteiger partial charge in [-0.2, -0.15) is 4.98 Å². The lowest BCUT2D eigenvalue weighted by molar-refractivity contribution is -0.00973. The highest BCUT2D eigenvalue weighted by Gasteiger charge is 2.53. The second kappa shape index (κ2) is 7.56. The Balaban J connectivity index is 1.56. The lowest BCUT2D eigenvalue weighted by Gasteiger charge is -2.31. The van der Waals surface area contributed by atoms with Crippen molar-refractivity contribution in [3.63, 3.8) is 0 Å². The number of benzene rings is 1. The number of para-hydroxylation sites is 1. The van der Waals surface area contributed by atoms with Gasteiger partial charge in [-0.05, 0) is 24.8 Å². The van der Waals surface area contributed by atoms with Crippen LogP contribution < -0.4 is 14.2 Å². The number of ether oxygens (including phenoxy) is 3. The molecule has 2 heterocycles. The standard InChI is InChI=1S/C21H27N3O4/c1-26-18-7-5-4-6-15(18)12-24-11-14-8-9-21(25,17(14)13-24)16-10-22-20(28-3)23-19(16)27-2/h4-7,10,14,17,25H,8-9,11-13H2,1-3H3/t14-,17+,21+/m0/s1. The van der Waals surface area contributed by atoms with E-state index in [0.29, 0.717) is 23.8 Å². The van der Waals surface area contributed by atoms with Crippen molar-refractivity contribution in [3.05, 3.63) is 41.6 Å². The largest absolute Gasteiger partial charge is 0.496 e. The van der Waals surface area contributed by atoms with E-state index in [2.05, 4.69) is 20.9 Å². The molecule has 0 unspecified atom stereocenters. The lowest BCUT2D eigenvalue weighted by Crippen LogP contribution is -2.35. The van der Waals surface area contributed by atoms with Crippen LogP contribution in [0.2, 0.25) is 0 Å². The minimum absolute atomic E-state index is 0.119. The summed E-state index contributed by atoms with van der Waals surface area (Å²) in [4.78, 5) is 10.9. The van der Waals surface area contributed by atoms with Crippen molar-refractivity contribution in [1.82, 2.24) is 14.9 Å². The molecule has 0 bridgehead atoms. The first kappa shape index (κ1) is 19.0. The van der Waals surface area contributed by atoms with Crippen molar-refractivity contribution in [2.45, 2.75) is 25.0 Å². The highest BCUT2D eigenvalue weighted by atomic mass is 16.5. The normalized spacial score (nSPS) is 26.9. The van der Waals surface area contributed by atoms with Gasteiger partial charge in [0.1, 0.15) is 11.4 Å². The summed E-state index contributed by atoms with van der Waals surface area (Å²) in [6.45, 7) is 2.59. The number of likely N-dealkylation sites (tertiary alicyclic amines) is 1. The monoisotopic (exact) mass is 385 g/mol. The molecule has 1 N–H and O–H groups in total. The molecule has 28 heavy (non-hydrogen) atoms. The van der Waals surface area contributed by atoms with E-state index >= 15 is 0 Å². The molecule has 0 radical (unpaired) electrons. The van der Waals surface area contributed by atoms with Gasteiger partial charge in [0.25, 0.3) is 0 Å². The first-order valence-corrected chi connectivity index (χ1v) is 9.61. The van der Waals surface area contributed by atoms with Crippen molar-refractivity contribution in [1.29, 1.82) is 0 Å². The maximum atomic E-state index is 11.6. The summed E-state index contributed by atoms with van der Waals surface area (Å²) in [6.07, 6.45) is 3.31. The van der Waals surface area contributed by atoms with E-state index in [1.165, 1.54) is 12.7 Å². The van der Waals surface area contributed by atoms with Gasteiger partial charge in [-0.1, -0.05) is 18.2 Å². The summed E-state index contributed by atoms with van der Waals surface area (Å²) >= 11 is 0. The van der Waals surface area contributed by atoms with E-state index in [9.17, 15) is 5.11 Å². The minimum Gasteiger partial charge on any atom is -0.496 e. The number of rotatable bonds is 6. The molecule has 0 amide bonds. The summed E-state index contributed by atoms with van der Waals surface area (Å²) < 4.78 is 16.0. The van der Waals surface area contributed by atoms with Crippen molar-refractivity contribution < 1.29 is 19.3 Å². The van der Waals surface area contributed by atoms with E-state index in [1.54, 1.807) is 20.4 Å². The Morgan fingerprint density at radius 2 is 1.96 bits per heavy atom. The van der Waals surface area contributed by atoms with Gasteiger partial charge >= 0.3 is 6.01 Å². The molecule has 1 aliphatic heterocycles. The Bertz CT molecular complexity index is 846. The zero-order chi connectivity index (χ0) is 19.7. The maximum absolute atomic E-state index is 11.6. The molecule has 2 aliphatic rings. The predicted octanol–water partition coefficient (Wildman–Crippen LogP) is 2.23. The number of aromatic nitrogens is 2. The Hall–Kier alpha value is -2.38. The van der Waals surface area contributed by atoms with E-state index < -0.39 is 5.60 Å². The summed E-state index contributed by atoms with van der Waals surface area (Å²) in [7, 11) is 4.78. The van der Waals surface area contributed by atoms with Gasteiger partial charge in [0.15, 0.2) is 0 Å².